The Morgan fingerprint density at radius 1 is 1.34 bits per heavy atom. The molecule has 1 aromatic carbocycles. The lowest BCUT2D eigenvalue weighted by atomic mass is 10.1. The van der Waals surface area contributed by atoms with Crippen molar-refractivity contribution >= 4 is 22.9 Å². The van der Waals surface area contributed by atoms with Crippen LogP contribution in [-0.2, 0) is 13.0 Å². The number of ether oxygens (including phenoxy) is 2. The van der Waals surface area contributed by atoms with Gasteiger partial charge in [-0.3, -0.25) is 4.79 Å². The standard InChI is InChI=1S/C23H26N2O3S/c1-5-27-22-11-17-10-15(3)28-21(17)12-20(22)24-23(26)19-9-14(2)25(16(19)4)13-18-7-6-8-29-18/h6-9,11-12,15H,5,10,13H2,1-4H3,(H,24,26). The molecule has 0 radical (unpaired) electrons. The number of aryl methyl sites for hydroxylation is 1. The number of benzene rings is 1. The highest BCUT2D eigenvalue weighted by atomic mass is 32.1. The topological polar surface area (TPSA) is 52.5 Å². The van der Waals surface area contributed by atoms with Crippen molar-refractivity contribution in [3.8, 4) is 11.5 Å². The minimum atomic E-state index is -0.137. The van der Waals surface area contributed by atoms with Gasteiger partial charge in [0, 0.05) is 34.3 Å². The predicted molar refractivity (Wildman–Crippen MR) is 117 cm³/mol. The Bertz CT molecular complexity index is 1040. The normalized spacial score (nSPS) is 15.1. The molecule has 0 spiro atoms. The zero-order valence-corrected chi connectivity index (χ0v) is 18.1. The van der Waals surface area contributed by atoms with Crippen molar-refractivity contribution in [2.75, 3.05) is 11.9 Å². The molecule has 0 bridgehead atoms. The number of nitrogens with zero attached hydrogens (tertiary/aromatic N) is 1. The van der Waals surface area contributed by atoms with E-state index in [2.05, 4.69) is 21.3 Å². The lowest BCUT2D eigenvalue weighted by Gasteiger charge is -2.14. The molecule has 0 saturated heterocycles. The zero-order valence-electron chi connectivity index (χ0n) is 17.2. The van der Waals surface area contributed by atoms with E-state index >= 15 is 0 Å². The average Bonchev–Trinajstić information content (AvgIpc) is 3.38. The van der Waals surface area contributed by atoms with Crippen LogP contribution in [0, 0.1) is 13.8 Å². The number of hydrogen-bond donors (Lipinski definition) is 1. The quantitative estimate of drug-likeness (QED) is 0.608. The Hall–Kier alpha value is -2.73. The summed E-state index contributed by atoms with van der Waals surface area (Å²) in [5.74, 6) is 1.37. The van der Waals surface area contributed by atoms with Crippen molar-refractivity contribution < 1.29 is 14.3 Å². The summed E-state index contributed by atoms with van der Waals surface area (Å²) in [6, 6.07) is 9.98. The summed E-state index contributed by atoms with van der Waals surface area (Å²) in [5.41, 5.74) is 4.46. The van der Waals surface area contributed by atoms with E-state index in [1.165, 1.54) is 4.88 Å². The Labute approximate surface area is 175 Å². The average molecular weight is 411 g/mol. The molecule has 152 valence electrons. The van der Waals surface area contributed by atoms with Crippen LogP contribution in [0.4, 0.5) is 5.69 Å². The van der Waals surface area contributed by atoms with Gasteiger partial charge in [-0.05, 0) is 51.3 Å². The van der Waals surface area contributed by atoms with Gasteiger partial charge in [-0.2, -0.15) is 0 Å². The molecule has 1 unspecified atom stereocenters. The fourth-order valence-corrected chi connectivity index (χ4v) is 4.53. The number of carbonyl (C=O) groups is 1. The smallest absolute Gasteiger partial charge is 0.257 e. The molecule has 3 aromatic rings. The molecule has 1 aliphatic heterocycles. The Kier molecular flexibility index (Phi) is 5.37. The van der Waals surface area contributed by atoms with Crippen molar-refractivity contribution in [1.29, 1.82) is 0 Å². The number of aromatic nitrogens is 1. The van der Waals surface area contributed by atoms with E-state index in [4.69, 9.17) is 9.47 Å². The van der Waals surface area contributed by atoms with Crippen LogP contribution in [0.25, 0.3) is 0 Å². The Balaban J connectivity index is 1.61. The molecule has 1 amide bonds. The van der Waals surface area contributed by atoms with Gasteiger partial charge in [0.1, 0.15) is 17.6 Å². The maximum absolute atomic E-state index is 13.1. The van der Waals surface area contributed by atoms with Crippen LogP contribution in [0.3, 0.4) is 0 Å². The summed E-state index contributed by atoms with van der Waals surface area (Å²) in [6.07, 6.45) is 0.995. The van der Waals surface area contributed by atoms with Gasteiger partial charge in [-0.25, -0.2) is 0 Å². The number of thiophene rings is 1. The molecule has 0 fully saturated rings. The third-order valence-corrected chi connectivity index (χ3v) is 6.12. The summed E-state index contributed by atoms with van der Waals surface area (Å²) in [5, 5.41) is 5.11. The van der Waals surface area contributed by atoms with Crippen molar-refractivity contribution in [3.63, 3.8) is 0 Å². The number of anilines is 1. The summed E-state index contributed by atoms with van der Waals surface area (Å²) in [4.78, 5) is 14.4. The molecule has 5 nitrogen and oxygen atoms in total. The molecule has 1 N–H and O–H groups in total. The Morgan fingerprint density at radius 2 is 2.17 bits per heavy atom. The van der Waals surface area contributed by atoms with Gasteiger partial charge in [-0.1, -0.05) is 6.07 Å². The fourth-order valence-electron chi connectivity index (χ4n) is 3.83. The lowest BCUT2D eigenvalue weighted by Crippen LogP contribution is -2.14. The minimum Gasteiger partial charge on any atom is -0.492 e. The van der Waals surface area contributed by atoms with Gasteiger partial charge in [0.25, 0.3) is 5.91 Å². The highest BCUT2D eigenvalue weighted by Gasteiger charge is 2.24. The highest BCUT2D eigenvalue weighted by molar-refractivity contribution is 7.09. The lowest BCUT2D eigenvalue weighted by molar-refractivity contribution is 0.102. The molecule has 6 heteroatoms. The van der Waals surface area contributed by atoms with Crippen molar-refractivity contribution in [2.45, 2.75) is 46.8 Å². The second-order valence-electron chi connectivity index (χ2n) is 7.43. The summed E-state index contributed by atoms with van der Waals surface area (Å²) in [6.45, 7) is 9.32. The number of rotatable bonds is 6. The van der Waals surface area contributed by atoms with E-state index in [-0.39, 0.29) is 12.0 Å². The van der Waals surface area contributed by atoms with E-state index in [9.17, 15) is 4.79 Å². The second-order valence-corrected chi connectivity index (χ2v) is 8.46. The first-order valence-corrected chi connectivity index (χ1v) is 10.8. The SMILES string of the molecule is CCOc1cc2c(cc1NC(=O)c1cc(C)n(Cc3cccs3)c1C)OC(C)C2. The maximum Gasteiger partial charge on any atom is 0.257 e. The van der Waals surface area contributed by atoms with Gasteiger partial charge >= 0.3 is 0 Å². The minimum absolute atomic E-state index is 0.137. The first kappa shape index (κ1) is 19.6. The van der Waals surface area contributed by atoms with Gasteiger partial charge in [-0.15, -0.1) is 11.3 Å². The van der Waals surface area contributed by atoms with Gasteiger partial charge in [0.2, 0.25) is 0 Å². The highest BCUT2D eigenvalue weighted by Crippen LogP contribution is 2.38. The van der Waals surface area contributed by atoms with Crippen LogP contribution < -0.4 is 14.8 Å². The zero-order chi connectivity index (χ0) is 20.5. The van der Waals surface area contributed by atoms with E-state index in [0.717, 1.165) is 35.7 Å². The molecule has 3 heterocycles. The molecular weight excluding hydrogens is 384 g/mol. The fraction of sp³-hybridized carbons (Fsp3) is 0.348. The van der Waals surface area contributed by atoms with E-state index in [0.29, 0.717) is 23.6 Å². The van der Waals surface area contributed by atoms with Crippen molar-refractivity contribution in [3.05, 3.63) is 63.1 Å². The van der Waals surface area contributed by atoms with Gasteiger partial charge < -0.3 is 19.4 Å². The summed E-state index contributed by atoms with van der Waals surface area (Å²) >= 11 is 1.72. The van der Waals surface area contributed by atoms with Crippen molar-refractivity contribution in [2.24, 2.45) is 0 Å². The predicted octanol–water partition coefficient (Wildman–Crippen LogP) is 5.19. The van der Waals surface area contributed by atoms with Crippen LogP contribution in [0.15, 0.2) is 35.7 Å². The third-order valence-electron chi connectivity index (χ3n) is 5.26. The number of carbonyl (C=O) groups excluding carboxylic acids is 1. The second kappa shape index (κ2) is 7.95. The number of hydrogen-bond acceptors (Lipinski definition) is 4. The number of fused-ring (bicyclic) bond motifs is 1. The monoisotopic (exact) mass is 410 g/mol. The molecule has 1 aliphatic rings. The summed E-state index contributed by atoms with van der Waals surface area (Å²) < 4.78 is 13.8. The molecule has 29 heavy (non-hydrogen) atoms. The van der Waals surface area contributed by atoms with Crippen LogP contribution in [0.2, 0.25) is 0 Å². The Morgan fingerprint density at radius 3 is 2.90 bits per heavy atom. The third kappa shape index (κ3) is 3.90. The molecule has 1 atom stereocenters. The number of amides is 1. The maximum atomic E-state index is 13.1. The largest absolute Gasteiger partial charge is 0.492 e. The van der Waals surface area contributed by atoms with E-state index < -0.39 is 0 Å². The van der Waals surface area contributed by atoms with Gasteiger partial charge in [0.15, 0.2) is 0 Å². The first-order valence-electron chi connectivity index (χ1n) is 9.93. The van der Waals surface area contributed by atoms with Crippen LogP contribution in [0.5, 0.6) is 11.5 Å². The van der Waals surface area contributed by atoms with E-state index in [1.807, 2.05) is 52.0 Å². The molecule has 4 rings (SSSR count). The number of nitrogens with one attached hydrogen (secondary N) is 1. The summed E-state index contributed by atoms with van der Waals surface area (Å²) in [7, 11) is 0. The van der Waals surface area contributed by atoms with Crippen LogP contribution >= 0.6 is 11.3 Å². The molecule has 0 aliphatic carbocycles. The molecule has 0 saturated carbocycles. The molecular formula is C23H26N2O3S. The van der Waals surface area contributed by atoms with Crippen LogP contribution in [-0.4, -0.2) is 23.2 Å². The van der Waals surface area contributed by atoms with Gasteiger partial charge in [0.05, 0.1) is 24.4 Å². The first-order chi connectivity index (χ1) is 14.0. The van der Waals surface area contributed by atoms with E-state index in [1.54, 1.807) is 11.3 Å². The van der Waals surface area contributed by atoms with Crippen LogP contribution in [0.1, 0.15) is 46.0 Å². The molecule has 2 aromatic heterocycles. The van der Waals surface area contributed by atoms with Crippen molar-refractivity contribution in [1.82, 2.24) is 4.57 Å².